The molecule has 4 aromatic heterocycles. The summed E-state index contributed by atoms with van der Waals surface area (Å²) in [6, 6.07) is 123. The molecule has 450 valence electrons. The van der Waals surface area contributed by atoms with E-state index in [9.17, 15) is 0 Å². The van der Waals surface area contributed by atoms with Crippen LogP contribution in [0.25, 0.3) is 132 Å². The van der Waals surface area contributed by atoms with Crippen LogP contribution in [-0.4, -0.2) is 31.7 Å². The van der Waals surface area contributed by atoms with Crippen molar-refractivity contribution in [3.8, 4) is 45.0 Å². The first-order valence-corrected chi connectivity index (χ1v) is 34.2. The summed E-state index contributed by atoms with van der Waals surface area (Å²) in [5.41, 5.74) is 33.9. The Bertz CT molecular complexity index is 6190. The van der Waals surface area contributed by atoms with Gasteiger partial charge in [-0.3, -0.25) is 0 Å². The Morgan fingerprint density at radius 2 is 0.541 bits per heavy atom. The van der Waals surface area contributed by atoms with E-state index in [1.54, 1.807) is 0 Å². The van der Waals surface area contributed by atoms with Crippen molar-refractivity contribution < 1.29 is 0 Å². The minimum Gasteiger partial charge on any atom is -0.310 e. The molecule has 0 atom stereocenters. The molecule has 23 rings (SSSR count). The predicted molar refractivity (Wildman–Crippen MR) is 413 cm³/mol. The van der Waals surface area contributed by atoms with Gasteiger partial charge in [0.1, 0.15) is 0 Å². The van der Waals surface area contributed by atoms with Gasteiger partial charge in [0.15, 0.2) is 0 Å². The van der Waals surface area contributed by atoms with Crippen LogP contribution in [0.5, 0.6) is 0 Å². The van der Waals surface area contributed by atoms with E-state index in [0.717, 1.165) is 22.7 Å². The lowest BCUT2D eigenvalue weighted by Gasteiger charge is -2.38. The van der Waals surface area contributed by atoms with Crippen molar-refractivity contribution in [3.05, 3.63) is 328 Å². The number of aromatic nitrogens is 4. The molecule has 4 aliphatic rings. The maximum Gasteiger partial charge on any atom is 0.252 e. The van der Waals surface area contributed by atoms with Crippen molar-refractivity contribution in [1.82, 2.24) is 18.3 Å². The SMILES string of the molecule is c1ccc(-c2cccc3c4c(N(c5ccccc5)c5ccccc5)c5c6ccccc6n6c5c5c4n(c23)-c2cc3c(cc2B5c2ccccc2-6)B2c4ccccc4-n4c5ccccc5c5c(N(c6ccccc6)c6ccccc6)c6c7cccc(-c8ccccc8)c7n-3c6c2c54)cc1. The fourth-order valence-corrected chi connectivity index (χ4v) is 18.7. The molecule has 0 aliphatic carbocycles. The standard InChI is InChI=1S/C90H54B2N6/c1-7-29-55(30-8-1)61-43-27-45-65-79-85(93(57-33-11-3-12-34-57)58-35-13-4-14-36-58)77-63-41-19-23-49-71(63)95-73-51-25-21-47-67(73)91-69-53-70-76(54-75(69)97(83(61)65)89(79)81(91)87(77)95)98-84-62(56-31-9-2-10-32-56)44-28-46-66(84)80-86(94(59-37-15-5-16-38-59)60-39-17-6-18-40-60)78-64-42-20-24-50-72(64)96-74-52-26-22-48-68(74)92(70)82(88(78)96)90(80)98/h1-54H. The van der Waals surface area contributed by atoms with Crippen molar-refractivity contribution in [3.63, 3.8) is 0 Å². The van der Waals surface area contributed by atoms with Gasteiger partial charge >= 0.3 is 0 Å². The first kappa shape index (κ1) is 52.6. The van der Waals surface area contributed by atoms with Crippen LogP contribution >= 0.6 is 0 Å². The molecule has 0 amide bonds. The minimum absolute atomic E-state index is 0.165. The summed E-state index contributed by atoms with van der Waals surface area (Å²) in [6.07, 6.45) is 0. The van der Waals surface area contributed by atoms with E-state index in [0.29, 0.717) is 0 Å². The Hall–Kier alpha value is -12.8. The fourth-order valence-electron chi connectivity index (χ4n) is 18.7. The summed E-state index contributed by atoms with van der Waals surface area (Å²) in [6.45, 7) is -0.330. The lowest BCUT2D eigenvalue weighted by molar-refractivity contribution is 1.14. The highest BCUT2D eigenvalue weighted by molar-refractivity contribution is 7.03. The van der Waals surface area contributed by atoms with Gasteiger partial charge in [-0.05, 0) is 123 Å². The highest BCUT2D eigenvalue weighted by atomic mass is 15.2. The zero-order valence-electron chi connectivity index (χ0n) is 53.0. The molecule has 0 spiro atoms. The minimum atomic E-state index is -0.165. The number of para-hydroxylation sites is 10. The molecule has 0 saturated carbocycles. The van der Waals surface area contributed by atoms with Gasteiger partial charge in [-0.1, -0.05) is 249 Å². The van der Waals surface area contributed by atoms with Gasteiger partial charge in [0.2, 0.25) is 0 Å². The molecule has 0 fully saturated rings. The van der Waals surface area contributed by atoms with Gasteiger partial charge in [-0.25, -0.2) is 0 Å². The van der Waals surface area contributed by atoms with Gasteiger partial charge in [0.25, 0.3) is 13.4 Å². The summed E-state index contributed by atoms with van der Waals surface area (Å²) in [7, 11) is 0. The van der Waals surface area contributed by atoms with Crippen LogP contribution in [0.3, 0.4) is 0 Å². The summed E-state index contributed by atoms with van der Waals surface area (Å²) >= 11 is 0. The third-order valence-electron chi connectivity index (χ3n) is 22.2. The maximum absolute atomic E-state index is 2.76. The van der Waals surface area contributed by atoms with Crippen LogP contribution in [0.2, 0.25) is 0 Å². The molecule has 0 N–H and O–H groups in total. The smallest absolute Gasteiger partial charge is 0.252 e. The zero-order valence-corrected chi connectivity index (χ0v) is 53.0. The van der Waals surface area contributed by atoms with Crippen molar-refractivity contribution in [2.45, 2.75) is 0 Å². The predicted octanol–water partition coefficient (Wildman–Crippen LogP) is 18.6. The summed E-state index contributed by atoms with van der Waals surface area (Å²) in [4.78, 5) is 5.14. The second-order valence-corrected chi connectivity index (χ2v) is 26.9. The van der Waals surface area contributed by atoms with Crippen molar-refractivity contribution in [2.24, 2.45) is 0 Å². The third-order valence-corrected chi connectivity index (χ3v) is 22.2. The molecular formula is C90H54B2N6. The highest BCUT2D eigenvalue weighted by Gasteiger charge is 2.48. The topological polar surface area (TPSA) is 26.2 Å². The Kier molecular flexibility index (Phi) is 10.4. The molecule has 8 heteroatoms. The van der Waals surface area contributed by atoms with Gasteiger partial charge in [0.05, 0.1) is 55.5 Å². The monoisotopic (exact) mass is 1240 g/mol. The molecule has 0 unspecified atom stereocenters. The molecule has 19 aromatic rings. The fraction of sp³-hybridized carbons (Fsp3) is 0. The number of benzene rings is 15. The third kappa shape index (κ3) is 6.64. The van der Waals surface area contributed by atoms with Crippen LogP contribution in [0, 0.1) is 0 Å². The summed E-state index contributed by atoms with van der Waals surface area (Å²) in [5.74, 6) is 0. The van der Waals surface area contributed by atoms with Crippen LogP contribution in [0.4, 0.5) is 34.1 Å². The van der Waals surface area contributed by atoms with E-state index < -0.39 is 0 Å². The number of rotatable bonds is 8. The second-order valence-electron chi connectivity index (χ2n) is 26.9. The lowest BCUT2D eigenvalue weighted by atomic mass is 9.31. The molecule has 98 heavy (non-hydrogen) atoms. The van der Waals surface area contributed by atoms with Crippen molar-refractivity contribution >= 4 is 168 Å². The van der Waals surface area contributed by atoms with Gasteiger partial charge in [0, 0.05) is 99.7 Å². The first-order valence-electron chi connectivity index (χ1n) is 34.2. The summed E-state index contributed by atoms with van der Waals surface area (Å²) in [5, 5.41) is 9.83. The van der Waals surface area contributed by atoms with E-state index in [1.165, 1.54) is 176 Å². The molecule has 0 saturated heterocycles. The number of hydrogen-bond acceptors (Lipinski definition) is 2. The van der Waals surface area contributed by atoms with Crippen LogP contribution < -0.4 is 42.6 Å². The quantitative estimate of drug-likeness (QED) is 0.142. The number of anilines is 6. The Labute approximate surface area is 564 Å². The zero-order chi connectivity index (χ0) is 63.6. The summed E-state index contributed by atoms with van der Waals surface area (Å²) < 4.78 is 10.8. The van der Waals surface area contributed by atoms with E-state index in [4.69, 9.17) is 0 Å². The Morgan fingerprint density at radius 1 is 0.224 bits per heavy atom. The number of hydrogen-bond donors (Lipinski definition) is 0. The van der Waals surface area contributed by atoms with E-state index in [-0.39, 0.29) is 13.4 Å². The largest absolute Gasteiger partial charge is 0.310 e. The lowest BCUT2D eigenvalue weighted by Crippen LogP contribution is -2.63. The average molecular weight is 1240 g/mol. The van der Waals surface area contributed by atoms with Crippen molar-refractivity contribution in [1.29, 1.82) is 0 Å². The molecule has 8 heterocycles. The van der Waals surface area contributed by atoms with Crippen LogP contribution in [-0.2, 0) is 0 Å². The normalized spacial score (nSPS) is 12.9. The number of fused-ring (bicyclic) bond motifs is 24. The highest BCUT2D eigenvalue weighted by Crippen LogP contribution is 2.56. The Morgan fingerprint density at radius 3 is 0.939 bits per heavy atom. The number of nitrogens with zero attached hydrogens (tertiary/aromatic N) is 6. The van der Waals surface area contributed by atoms with Gasteiger partial charge in [-0.2, -0.15) is 0 Å². The molecular weight excluding hydrogens is 1190 g/mol. The van der Waals surface area contributed by atoms with E-state index in [1.807, 2.05) is 0 Å². The Balaban J connectivity index is 0.969. The van der Waals surface area contributed by atoms with Gasteiger partial charge in [-0.15, -0.1) is 0 Å². The van der Waals surface area contributed by atoms with E-state index >= 15 is 0 Å². The van der Waals surface area contributed by atoms with E-state index in [2.05, 4.69) is 356 Å². The first-order chi connectivity index (χ1) is 48.8. The molecule has 6 nitrogen and oxygen atoms in total. The molecule has 4 aliphatic heterocycles. The van der Waals surface area contributed by atoms with Gasteiger partial charge < -0.3 is 28.1 Å². The van der Waals surface area contributed by atoms with Crippen molar-refractivity contribution in [2.75, 3.05) is 9.80 Å². The molecule has 15 aromatic carbocycles. The van der Waals surface area contributed by atoms with Crippen LogP contribution in [0.1, 0.15) is 0 Å². The average Bonchev–Trinajstić information content (AvgIpc) is 1.47. The second kappa shape index (κ2) is 19.4. The molecule has 0 radical (unpaired) electrons. The molecule has 0 bridgehead atoms. The van der Waals surface area contributed by atoms with Crippen LogP contribution in [0.15, 0.2) is 328 Å². The maximum atomic E-state index is 2.76.